The molecule has 0 amide bonds. The minimum absolute atomic E-state index is 0. The molecular formula is C19H22ClFN6. The fraction of sp³-hybridized carbons (Fsp3) is 0.263. The summed E-state index contributed by atoms with van der Waals surface area (Å²) in [5.74, 6) is 0.686. The van der Waals surface area contributed by atoms with Gasteiger partial charge in [-0.05, 0) is 43.2 Å². The van der Waals surface area contributed by atoms with E-state index in [9.17, 15) is 4.39 Å². The van der Waals surface area contributed by atoms with Gasteiger partial charge in [-0.3, -0.25) is 4.90 Å². The van der Waals surface area contributed by atoms with Gasteiger partial charge in [0.25, 0.3) is 0 Å². The van der Waals surface area contributed by atoms with Gasteiger partial charge in [0.05, 0.1) is 0 Å². The minimum atomic E-state index is -0.507. The summed E-state index contributed by atoms with van der Waals surface area (Å²) in [7, 11) is 0. The maximum atomic E-state index is 13.6. The summed E-state index contributed by atoms with van der Waals surface area (Å²) in [4.78, 5) is 13.2. The number of hydrogen-bond donors (Lipinski definition) is 2. The van der Waals surface area contributed by atoms with E-state index in [0.29, 0.717) is 5.69 Å². The summed E-state index contributed by atoms with van der Waals surface area (Å²) in [6, 6.07) is 16.2. The third-order valence-corrected chi connectivity index (χ3v) is 4.47. The molecular weight excluding hydrogens is 367 g/mol. The lowest BCUT2D eigenvalue weighted by Crippen LogP contribution is -2.54. The van der Waals surface area contributed by atoms with E-state index >= 15 is 0 Å². The van der Waals surface area contributed by atoms with E-state index in [4.69, 9.17) is 5.73 Å². The van der Waals surface area contributed by atoms with Crippen LogP contribution in [-0.2, 0) is 0 Å². The van der Waals surface area contributed by atoms with E-state index in [1.54, 1.807) is 12.1 Å². The first-order valence-electron chi connectivity index (χ1n) is 8.74. The van der Waals surface area contributed by atoms with Gasteiger partial charge in [-0.15, -0.1) is 12.4 Å². The van der Waals surface area contributed by atoms with Crippen LogP contribution in [0.1, 0.15) is 12.8 Å². The normalized spacial score (nSPS) is 19.2. The average molecular weight is 389 g/mol. The Bertz CT molecular complexity index is 835. The molecule has 2 aromatic rings. The molecule has 2 heterocycles. The summed E-state index contributed by atoms with van der Waals surface area (Å²) in [6.07, 6.45) is 1.74. The van der Waals surface area contributed by atoms with Crippen LogP contribution in [0.5, 0.6) is 0 Å². The quantitative estimate of drug-likeness (QED) is 0.847. The van der Waals surface area contributed by atoms with Gasteiger partial charge in [-0.1, -0.05) is 24.3 Å². The van der Waals surface area contributed by atoms with Crippen LogP contribution in [-0.4, -0.2) is 36.2 Å². The van der Waals surface area contributed by atoms with Crippen LogP contribution < -0.4 is 16.0 Å². The Labute approximate surface area is 164 Å². The number of anilines is 2. The van der Waals surface area contributed by atoms with Gasteiger partial charge < -0.3 is 16.0 Å². The Morgan fingerprint density at radius 1 is 1.04 bits per heavy atom. The summed E-state index contributed by atoms with van der Waals surface area (Å²) in [5.41, 5.74) is 7.58. The number of nitrogens with two attached hydrogens (primary N) is 1. The maximum Gasteiger partial charge on any atom is 0.222 e. The summed E-state index contributed by atoms with van der Waals surface area (Å²) < 4.78 is 13.6. The smallest absolute Gasteiger partial charge is 0.222 e. The number of halogens is 2. The highest BCUT2D eigenvalue weighted by Crippen LogP contribution is 2.25. The molecule has 8 heteroatoms. The molecule has 1 saturated heterocycles. The first kappa shape index (κ1) is 19.0. The average Bonchev–Trinajstić information content (AvgIpc) is 3.16. The van der Waals surface area contributed by atoms with Crippen LogP contribution in [0.25, 0.3) is 0 Å². The Balaban J connectivity index is 0.00000210. The fourth-order valence-corrected chi connectivity index (χ4v) is 3.29. The second-order valence-electron chi connectivity index (χ2n) is 6.33. The highest BCUT2D eigenvalue weighted by Gasteiger charge is 2.32. The molecule has 1 unspecified atom stereocenters. The molecule has 0 aromatic heterocycles. The van der Waals surface area contributed by atoms with Gasteiger partial charge in [0, 0.05) is 24.5 Å². The number of nitrogens with zero attached hydrogens (tertiary/aromatic N) is 4. The van der Waals surface area contributed by atoms with Crippen LogP contribution in [0.4, 0.5) is 15.8 Å². The molecule has 0 spiro atoms. The van der Waals surface area contributed by atoms with E-state index in [1.165, 1.54) is 12.1 Å². The molecule has 27 heavy (non-hydrogen) atoms. The van der Waals surface area contributed by atoms with Crippen molar-refractivity contribution in [1.29, 1.82) is 0 Å². The van der Waals surface area contributed by atoms with Crippen molar-refractivity contribution in [3.8, 4) is 0 Å². The van der Waals surface area contributed by atoms with Crippen LogP contribution in [0, 0.1) is 5.82 Å². The minimum Gasteiger partial charge on any atom is -0.368 e. The Hall–Kier alpha value is -2.80. The van der Waals surface area contributed by atoms with Crippen LogP contribution in [0.3, 0.4) is 0 Å². The first-order chi connectivity index (χ1) is 12.7. The number of aliphatic imine (C=N–C) groups is 2. The van der Waals surface area contributed by atoms with Crippen molar-refractivity contribution in [2.45, 2.75) is 19.1 Å². The number of nitrogens with one attached hydrogen (secondary N) is 1. The summed E-state index contributed by atoms with van der Waals surface area (Å²) in [5, 5.41) is 3.27. The lowest BCUT2D eigenvalue weighted by atomic mass is 10.2. The molecule has 2 aliphatic heterocycles. The summed E-state index contributed by atoms with van der Waals surface area (Å²) in [6.45, 7) is 1.87. The largest absolute Gasteiger partial charge is 0.368 e. The number of para-hydroxylation sites is 1. The Kier molecular flexibility index (Phi) is 5.81. The van der Waals surface area contributed by atoms with Gasteiger partial charge in [-0.2, -0.15) is 4.99 Å². The first-order valence-corrected chi connectivity index (χ1v) is 8.74. The molecule has 3 N–H and O–H groups in total. The topological polar surface area (TPSA) is 69.2 Å². The predicted molar refractivity (Wildman–Crippen MR) is 110 cm³/mol. The Morgan fingerprint density at radius 2 is 1.78 bits per heavy atom. The zero-order valence-corrected chi connectivity index (χ0v) is 15.6. The van der Waals surface area contributed by atoms with Crippen molar-refractivity contribution >= 4 is 35.7 Å². The molecule has 0 bridgehead atoms. The molecule has 2 aliphatic rings. The Morgan fingerprint density at radius 3 is 2.48 bits per heavy atom. The molecule has 0 saturated carbocycles. The third-order valence-electron chi connectivity index (χ3n) is 4.47. The highest BCUT2D eigenvalue weighted by molar-refractivity contribution is 6.06. The monoisotopic (exact) mass is 388 g/mol. The van der Waals surface area contributed by atoms with Gasteiger partial charge in [-0.25, -0.2) is 9.38 Å². The highest BCUT2D eigenvalue weighted by atomic mass is 35.5. The molecule has 1 fully saturated rings. The zero-order valence-electron chi connectivity index (χ0n) is 14.8. The van der Waals surface area contributed by atoms with Crippen LogP contribution in [0.2, 0.25) is 0 Å². The van der Waals surface area contributed by atoms with Gasteiger partial charge >= 0.3 is 0 Å². The molecule has 142 valence electrons. The van der Waals surface area contributed by atoms with Crippen molar-refractivity contribution < 1.29 is 4.39 Å². The van der Waals surface area contributed by atoms with Crippen molar-refractivity contribution in [1.82, 2.24) is 4.90 Å². The van der Waals surface area contributed by atoms with Crippen LogP contribution in [0.15, 0.2) is 64.6 Å². The number of guanidine groups is 2. The summed E-state index contributed by atoms with van der Waals surface area (Å²) >= 11 is 0. The predicted octanol–water partition coefficient (Wildman–Crippen LogP) is 3.23. The number of benzene rings is 2. The van der Waals surface area contributed by atoms with Crippen molar-refractivity contribution in [3.05, 3.63) is 60.4 Å². The van der Waals surface area contributed by atoms with Crippen molar-refractivity contribution in [2.75, 3.05) is 23.3 Å². The second kappa shape index (κ2) is 8.26. The number of likely N-dealkylation sites (tertiary alicyclic amines) is 1. The molecule has 4 rings (SSSR count). The van der Waals surface area contributed by atoms with Crippen LogP contribution >= 0.6 is 12.4 Å². The number of hydrogen-bond acceptors (Lipinski definition) is 6. The third kappa shape index (κ3) is 4.14. The van der Waals surface area contributed by atoms with E-state index in [1.807, 2.05) is 35.2 Å². The fourth-order valence-electron chi connectivity index (χ4n) is 3.29. The maximum absolute atomic E-state index is 13.6. The van der Waals surface area contributed by atoms with Gasteiger partial charge in [0.1, 0.15) is 5.82 Å². The SMILES string of the molecule is Cl.NC1=NC(Nc2cccc(F)c2)N(c2ccccc2)C(N2CCCC2)=N1. The molecule has 0 aliphatic carbocycles. The lowest BCUT2D eigenvalue weighted by molar-refractivity contribution is 0.497. The van der Waals surface area contributed by atoms with Gasteiger partial charge in [0.15, 0.2) is 0 Å². The lowest BCUT2D eigenvalue weighted by Gasteiger charge is -2.38. The molecule has 0 radical (unpaired) electrons. The molecule has 1 atom stereocenters. The zero-order chi connectivity index (χ0) is 17.9. The molecule has 6 nitrogen and oxygen atoms in total. The van der Waals surface area contributed by atoms with E-state index in [0.717, 1.165) is 37.6 Å². The van der Waals surface area contributed by atoms with Gasteiger partial charge in [0.2, 0.25) is 18.2 Å². The number of rotatable bonds is 3. The second-order valence-corrected chi connectivity index (χ2v) is 6.33. The van der Waals surface area contributed by atoms with E-state index in [-0.39, 0.29) is 24.2 Å². The van der Waals surface area contributed by atoms with E-state index < -0.39 is 6.29 Å². The van der Waals surface area contributed by atoms with Crippen molar-refractivity contribution in [3.63, 3.8) is 0 Å². The van der Waals surface area contributed by atoms with Crippen molar-refractivity contribution in [2.24, 2.45) is 15.7 Å². The molecule has 2 aromatic carbocycles. The van der Waals surface area contributed by atoms with E-state index in [2.05, 4.69) is 20.2 Å². The standard InChI is InChI=1S/C19H21FN6.ClH/c20-14-7-6-8-15(13-14)22-18-23-17(21)24-19(25-11-4-5-12-25)26(18)16-9-2-1-3-10-16;/h1-3,6-10,13,18,22H,4-5,11-12H2,(H2,21,23);1H.